The Morgan fingerprint density at radius 3 is 2.75 bits per heavy atom. The molecule has 0 atom stereocenters. The van der Waals surface area contributed by atoms with Crippen LogP contribution in [-0.4, -0.2) is 33.0 Å². The summed E-state index contributed by atoms with van der Waals surface area (Å²) in [6.45, 7) is 0.130. The van der Waals surface area contributed by atoms with E-state index in [1.165, 1.54) is 25.3 Å². The number of benzene rings is 1. The number of sulfonamides is 1. The van der Waals surface area contributed by atoms with Gasteiger partial charge in [-0.1, -0.05) is 0 Å². The summed E-state index contributed by atoms with van der Waals surface area (Å²) in [5.74, 6) is -0.0525. The molecule has 5 nitrogen and oxygen atoms in total. The lowest BCUT2D eigenvalue weighted by molar-refractivity contribution is 0.217. The summed E-state index contributed by atoms with van der Waals surface area (Å²) in [4.78, 5) is 0. The summed E-state index contributed by atoms with van der Waals surface area (Å²) < 4.78 is 30.6. The monoisotopic (exact) mass is 309 g/mol. The van der Waals surface area contributed by atoms with E-state index in [-0.39, 0.29) is 18.1 Å². The number of hydrogen-bond donors (Lipinski definition) is 2. The smallest absolute Gasteiger partial charge is 0.235 e. The van der Waals surface area contributed by atoms with Crippen LogP contribution in [0.5, 0.6) is 5.75 Å². The van der Waals surface area contributed by atoms with Crippen molar-refractivity contribution in [2.24, 2.45) is 0 Å². The van der Waals surface area contributed by atoms with E-state index >= 15 is 0 Å². The van der Waals surface area contributed by atoms with Gasteiger partial charge in [0.05, 0.1) is 18.0 Å². The van der Waals surface area contributed by atoms with Gasteiger partial charge in [-0.2, -0.15) is 0 Å². The number of anilines is 1. The van der Waals surface area contributed by atoms with Gasteiger partial charge in [0.25, 0.3) is 0 Å². The highest BCUT2D eigenvalue weighted by Crippen LogP contribution is 2.27. The van der Waals surface area contributed by atoms with E-state index in [1.54, 1.807) is 0 Å². The number of phenols is 1. The van der Waals surface area contributed by atoms with E-state index in [0.717, 1.165) is 0 Å². The van der Waals surface area contributed by atoms with E-state index in [1.807, 2.05) is 0 Å². The van der Waals surface area contributed by atoms with Gasteiger partial charge in [-0.15, -0.1) is 0 Å². The molecule has 1 aromatic rings. The van der Waals surface area contributed by atoms with Crippen molar-refractivity contribution >= 4 is 31.6 Å². The predicted molar refractivity (Wildman–Crippen MR) is 65.1 cm³/mol. The summed E-state index contributed by atoms with van der Waals surface area (Å²) in [7, 11) is -1.98. The zero-order chi connectivity index (χ0) is 12.2. The Hall–Kier alpha value is -0.790. The molecule has 0 spiro atoms. The minimum absolute atomic E-state index is 0.0618. The summed E-state index contributed by atoms with van der Waals surface area (Å²) in [5, 5.41) is 9.15. The van der Waals surface area contributed by atoms with E-state index < -0.39 is 10.0 Å². The van der Waals surface area contributed by atoms with Crippen molar-refractivity contribution in [2.45, 2.75) is 0 Å². The van der Waals surface area contributed by atoms with Gasteiger partial charge < -0.3 is 9.84 Å². The van der Waals surface area contributed by atoms with Crippen molar-refractivity contribution in [2.75, 3.05) is 24.2 Å². The van der Waals surface area contributed by atoms with Crippen molar-refractivity contribution in [1.82, 2.24) is 0 Å². The molecule has 0 aliphatic carbocycles. The maximum Gasteiger partial charge on any atom is 0.235 e. The number of nitrogens with one attached hydrogen (secondary N) is 1. The number of aromatic hydroxyl groups is 1. The second-order valence-electron chi connectivity index (χ2n) is 3.08. The highest BCUT2D eigenvalue weighted by Gasteiger charge is 2.12. The third kappa shape index (κ3) is 3.99. The first-order chi connectivity index (χ1) is 7.44. The molecule has 0 bridgehead atoms. The second-order valence-corrected chi connectivity index (χ2v) is 5.77. The van der Waals surface area contributed by atoms with Crippen LogP contribution in [0, 0.1) is 0 Å². The number of halogens is 1. The normalized spacial score (nSPS) is 11.4. The van der Waals surface area contributed by atoms with Crippen LogP contribution in [0.3, 0.4) is 0 Å². The first kappa shape index (κ1) is 13.3. The molecule has 1 rings (SSSR count). The van der Waals surface area contributed by atoms with Gasteiger partial charge in [0, 0.05) is 11.6 Å². The average molecular weight is 310 g/mol. The predicted octanol–water partition coefficient (Wildman–Crippen LogP) is 1.54. The van der Waals surface area contributed by atoms with Crippen LogP contribution in [0.4, 0.5) is 5.69 Å². The van der Waals surface area contributed by atoms with Crippen molar-refractivity contribution in [3.8, 4) is 5.75 Å². The van der Waals surface area contributed by atoms with Gasteiger partial charge >= 0.3 is 0 Å². The van der Waals surface area contributed by atoms with Crippen LogP contribution in [-0.2, 0) is 14.8 Å². The number of phenolic OH excluding ortho intramolecular Hbond substituents is 1. The molecule has 0 aliphatic heterocycles. The maximum atomic E-state index is 11.5. The summed E-state index contributed by atoms with van der Waals surface area (Å²) in [6, 6.07) is 4.29. The van der Waals surface area contributed by atoms with Crippen LogP contribution in [0.15, 0.2) is 22.7 Å². The molecule has 0 saturated carbocycles. The molecule has 2 N–H and O–H groups in total. The average Bonchev–Trinajstić information content (AvgIpc) is 2.19. The van der Waals surface area contributed by atoms with Gasteiger partial charge in [0.15, 0.2) is 0 Å². The lowest BCUT2D eigenvalue weighted by Crippen LogP contribution is -2.19. The Labute approximate surface area is 103 Å². The van der Waals surface area contributed by atoms with E-state index in [9.17, 15) is 8.42 Å². The third-order valence-electron chi connectivity index (χ3n) is 1.77. The fourth-order valence-corrected chi connectivity index (χ4v) is 2.60. The summed E-state index contributed by atoms with van der Waals surface area (Å²) in [6.07, 6.45) is 0. The molecule has 0 saturated heterocycles. The zero-order valence-electron chi connectivity index (χ0n) is 8.60. The maximum absolute atomic E-state index is 11.5. The molecule has 0 aliphatic rings. The molecule has 0 heterocycles. The topological polar surface area (TPSA) is 75.6 Å². The highest BCUT2D eigenvalue weighted by molar-refractivity contribution is 9.10. The van der Waals surface area contributed by atoms with E-state index in [2.05, 4.69) is 20.7 Å². The number of rotatable bonds is 5. The lowest BCUT2D eigenvalue weighted by atomic mass is 10.3. The van der Waals surface area contributed by atoms with Crippen LogP contribution < -0.4 is 4.72 Å². The minimum atomic E-state index is -3.42. The zero-order valence-corrected chi connectivity index (χ0v) is 11.0. The molecule has 7 heteroatoms. The molecule has 0 fully saturated rings. The molecule has 1 aromatic carbocycles. The molecule has 90 valence electrons. The van der Waals surface area contributed by atoms with Crippen LogP contribution in [0.1, 0.15) is 0 Å². The Kier molecular flexibility index (Phi) is 4.57. The number of ether oxygens (including phenoxy) is 1. The van der Waals surface area contributed by atoms with Crippen molar-refractivity contribution in [3.05, 3.63) is 22.7 Å². The van der Waals surface area contributed by atoms with Gasteiger partial charge in [-0.25, -0.2) is 8.42 Å². The largest absolute Gasteiger partial charge is 0.508 e. The van der Waals surface area contributed by atoms with E-state index in [4.69, 9.17) is 9.84 Å². The Morgan fingerprint density at radius 1 is 1.50 bits per heavy atom. The third-order valence-corrected chi connectivity index (χ3v) is 3.67. The quantitative estimate of drug-likeness (QED) is 0.809. The van der Waals surface area contributed by atoms with Gasteiger partial charge in [-0.3, -0.25) is 4.72 Å². The second kappa shape index (κ2) is 5.51. The van der Waals surface area contributed by atoms with E-state index in [0.29, 0.717) is 10.2 Å². The first-order valence-electron chi connectivity index (χ1n) is 4.42. The number of methoxy groups -OCH3 is 1. The van der Waals surface area contributed by atoms with Crippen LogP contribution in [0.25, 0.3) is 0 Å². The molecular weight excluding hydrogens is 298 g/mol. The molecule has 0 amide bonds. The van der Waals surface area contributed by atoms with Crippen LogP contribution >= 0.6 is 15.9 Å². The first-order valence-corrected chi connectivity index (χ1v) is 6.87. The standard InChI is InChI=1S/C9H12BrNO4S/c1-15-4-5-16(13,14)11-9-3-2-7(12)6-8(9)10/h2-3,6,11-12H,4-5H2,1H3. The fraction of sp³-hybridized carbons (Fsp3) is 0.333. The lowest BCUT2D eigenvalue weighted by Gasteiger charge is -2.09. The van der Waals surface area contributed by atoms with Crippen molar-refractivity contribution in [3.63, 3.8) is 0 Å². The SMILES string of the molecule is COCCS(=O)(=O)Nc1ccc(O)cc1Br. The number of hydrogen-bond acceptors (Lipinski definition) is 4. The molecular formula is C9H12BrNO4S. The van der Waals surface area contributed by atoms with Crippen molar-refractivity contribution < 1.29 is 18.3 Å². The van der Waals surface area contributed by atoms with Crippen LogP contribution in [0.2, 0.25) is 0 Å². The van der Waals surface area contributed by atoms with Crippen molar-refractivity contribution in [1.29, 1.82) is 0 Å². The molecule has 0 radical (unpaired) electrons. The highest BCUT2D eigenvalue weighted by atomic mass is 79.9. The summed E-state index contributed by atoms with van der Waals surface area (Å²) >= 11 is 3.15. The van der Waals surface area contributed by atoms with Gasteiger partial charge in [0.1, 0.15) is 5.75 Å². The summed E-state index contributed by atoms with van der Waals surface area (Å²) in [5.41, 5.74) is 0.383. The Balaban J connectivity index is 2.80. The molecule has 0 unspecified atom stereocenters. The Bertz CT molecular complexity index is 461. The van der Waals surface area contributed by atoms with Gasteiger partial charge in [0.2, 0.25) is 10.0 Å². The fourth-order valence-electron chi connectivity index (χ4n) is 0.998. The molecule has 16 heavy (non-hydrogen) atoms. The Morgan fingerprint density at radius 2 is 2.19 bits per heavy atom. The minimum Gasteiger partial charge on any atom is -0.508 e. The molecule has 0 aromatic heterocycles. The van der Waals surface area contributed by atoms with Gasteiger partial charge in [-0.05, 0) is 34.1 Å².